The van der Waals surface area contributed by atoms with E-state index in [2.05, 4.69) is 84.9 Å². The summed E-state index contributed by atoms with van der Waals surface area (Å²) in [5, 5.41) is 5.44. The molecule has 4 aromatic carbocycles. The first-order chi connectivity index (χ1) is 10.9. The first-order valence-electron chi connectivity index (χ1n) is 7.76. The van der Waals surface area contributed by atoms with Gasteiger partial charge in [-0.25, -0.2) is 0 Å². The maximum atomic E-state index is 2.34. The molecule has 25 heavy (non-hydrogen) atoms. The molecular weight excluding hydrogens is 383 g/mol. The van der Waals surface area contributed by atoms with Crippen molar-refractivity contribution in [1.29, 1.82) is 0 Å². The molecule has 0 saturated carbocycles. The Morgan fingerprint density at radius 2 is 1.36 bits per heavy atom. The summed E-state index contributed by atoms with van der Waals surface area (Å²) in [6.45, 7) is 0. The van der Waals surface area contributed by atoms with Crippen LogP contribution in [-0.4, -0.2) is 0 Å². The van der Waals surface area contributed by atoms with Crippen molar-refractivity contribution >= 4 is 27.6 Å². The van der Waals surface area contributed by atoms with Crippen LogP contribution < -0.4 is 24.8 Å². The van der Waals surface area contributed by atoms with E-state index in [1.54, 1.807) is 0 Å². The third-order valence-corrected chi connectivity index (χ3v) is 4.83. The molecule has 0 fully saturated rings. The minimum Gasteiger partial charge on any atom is -1.00 e. The Morgan fingerprint density at radius 3 is 2.24 bits per heavy atom. The Labute approximate surface area is 175 Å². The summed E-state index contributed by atoms with van der Waals surface area (Å²) in [6.07, 6.45) is 4.58. The molecule has 1 radical (unpaired) electrons. The normalized spacial score (nSPS) is 14.5. The topological polar surface area (TPSA) is 0 Å². The molecule has 0 aromatic heterocycles. The zero-order valence-electron chi connectivity index (χ0n) is 13.4. The van der Waals surface area contributed by atoms with Crippen molar-refractivity contribution in [2.24, 2.45) is 0 Å². The first-order valence-corrected chi connectivity index (χ1v) is 7.76. The van der Waals surface area contributed by atoms with E-state index in [1.165, 1.54) is 38.2 Å². The fraction of sp³-hybridized carbons (Fsp3) is 0.0455. The maximum absolute atomic E-state index is 2.34. The fourth-order valence-corrected chi connectivity index (χ4v) is 3.79. The number of hydrogen-bond donors (Lipinski definition) is 0. The second kappa shape index (κ2) is 7.85. The maximum Gasteiger partial charge on any atom is 3.00 e. The number of hydrogen-bond acceptors (Lipinski definition) is 0. The summed E-state index contributed by atoms with van der Waals surface area (Å²) < 4.78 is 0. The Kier molecular flexibility index (Phi) is 6.24. The van der Waals surface area contributed by atoms with E-state index in [-0.39, 0.29) is 46.5 Å². The van der Waals surface area contributed by atoms with Crippen LogP contribution in [0, 0.1) is 0 Å². The van der Waals surface area contributed by atoms with E-state index in [0.29, 0.717) is 5.92 Å². The molecule has 0 bridgehead atoms. The average Bonchev–Trinajstić information content (AvgIpc) is 3.16. The minimum atomic E-state index is 0. The Balaban J connectivity index is 0.000000751. The monoisotopic (exact) mass is 397 g/mol. The van der Waals surface area contributed by atoms with Gasteiger partial charge in [0.05, 0.1) is 0 Å². The summed E-state index contributed by atoms with van der Waals surface area (Å²) in [4.78, 5) is 0. The van der Waals surface area contributed by atoms with E-state index in [0.717, 1.165) is 0 Å². The molecule has 1 aliphatic rings. The minimum absolute atomic E-state index is 0. The fourth-order valence-electron chi connectivity index (χ4n) is 3.79. The van der Waals surface area contributed by atoms with Crippen LogP contribution in [0.5, 0.6) is 0 Å². The van der Waals surface area contributed by atoms with Gasteiger partial charge in [0.15, 0.2) is 0 Å². The Bertz CT molecular complexity index is 1050. The number of benzene rings is 3. The van der Waals surface area contributed by atoms with Crippen LogP contribution >= 0.6 is 0 Å². The predicted octanol–water partition coefficient (Wildman–Crippen LogP) is -0.124. The van der Waals surface area contributed by atoms with E-state index in [9.17, 15) is 0 Å². The number of rotatable bonds is 1. The van der Waals surface area contributed by atoms with Gasteiger partial charge in [0, 0.05) is 5.92 Å². The predicted molar refractivity (Wildman–Crippen MR) is 94.4 cm³/mol. The van der Waals surface area contributed by atoms with Gasteiger partial charge in [-0.05, 0) is 11.1 Å². The molecule has 0 nitrogen and oxygen atoms in total. The van der Waals surface area contributed by atoms with Gasteiger partial charge in [-0.15, -0.1) is 33.7 Å². The second-order valence-electron chi connectivity index (χ2n) is 6.01. The zero-order valence-corrected chi connectivity index (χ0v) is 16.5. The van der Waals surface area contributed by atoms with Gasteiger partial charge in [0.1, 0.15) is 0 Å². The molecule has 0 amide bonds. The van der Waals surface area contributed by atoms with Crippen LogP contribution in [-0.2, 0) is 21.7 Å². The smallest absolute Gasteiger partial charge is 1.00 e. The third kappa shape index (κ3) is 3.09. The molecule has 0 aliphatic heterocycles. The van der Waals surface area contributed by atoms with Crippen molar-refractivity contribution in [3.8, 4) is 0 Å². The van der Waals surface area contributed by atoms with Gasteiger partial charge in [-0.2, -0.15) is 0 Å². The SMILES string of the molecule is C1=CC(c2cccc3c2[cH-]c2ccccc23)c2ccccc21.[Cl-].[Cl-].[Ti+3]. The molecule has 1 atom stereocenters. The van der Waals surface area contributed by atoms with E-state index >= 15 is 0 Å². The van der Waals surface area contributed by atoms with Crippen LogP contribution in [0.25, 0.3) is 27.6 Å². The second-order valence-corrected chi connectivity index (χ2v) is 6.01. The first kappa shape index (κ1) is 19.9. The van der Waals surface area contributed by atoms with Gasteiger partial charge < -0.3 is 24.8 Å². The summed E-state index contributed by atoms with van der Waals surface area (Å²) in [6, 6.07) is 26.4. The third-order valence-electron chi connectivity index (χ3n) is 4.83. The van der Waals surface area contributed by atoms with E-state index < -0.39 is 0 Å². The molecule has 121 valence electrons. The van der Waals surface area contributed by atoms with Crippen molar-refractivity contribution < 1.29 is 46.5 Å². The molecule has 0 heterocycles. The largest absolute Gasteiger partial charge is 3.00 e. The number of allylic oxidation sites excluding steroid dienone is 1. The van der Waals surface area contributed by atoms with E-state index in [1.807, 2.05) is 0 Å². The van der Waals surface area contributed by atoms with Gasteiger partial charge in [0.2, 0.25) is 0 Å². The van der Waals surface area contributed by atoms with Gasteiger partial charge in [-0.1, -0.05) is 78.4 Å². The molecule has 0 spiro atoms. The summed E-state index contributed by atoms with van der Waals surface area (Å²) in [5.74, 6) is 0.372. The van der Waals surface area contributed by atoms with Crippen molar-refractivity contribution in [2.75, 3.05) is 0 Å². The Hall–Kier alpha value is -1.44. The summed E-state index contributed by atoms with van der Waals surface area (Å²) in [7, 11) is 0. The van der Waals surface area contributed by atoms with Crippen LogP contribution in [0.2, 0.25) is 0 Å². The molecule has 4 aromatic rings. The molecular formula is C22H15Cl2Ti. The molecule has 1 aliphatic carbocycles. The van der Waals surface area contributed by atoms with Gasteiger partial charge in [-0.3, -0.25) is 0 Å². The van der Waals surface area contributed by atoms with Crippen LogP contribution in [0.4, 0.5) is 0 Å². The van der Waals surface area contributed by atoms with Crippen LogP contribution in [0.3, 0.4) is 0 Å². The van der Waals surface area contributed by atoms with Crippen LogP contribution in [0.1, 0.15) is 22.6 Å². The number of fused-ring (bicyclic) bond motifs is 4. The average molecular weight is 398 g/mol. The van der Waals surface area contributed by atoms with Crippen molar-refractivity contribution in [3.63, 3.8) is 0 Å². The Morgan fingerprint density at radius 1 is 0.680 bits per heavy atom. The van der Waals surface area contributed by atoms with Gasteiger partial charge in [0.25, 0.3) is 0 Å². The molecule has 5 rings (SSSR count). The molecule has 1 unspecified atom stereocenters. The summed E-state index contributed by atoms with van der Waals surface area (Å²) in [5.41, 5.74) is 4.18. The van der Waals surface area contributed by atoms with Crippen LogP contribution in [0.15, 0.2) is 78.9 Å². The van der Waals surface area contributed by atoms with Crippen molar-refractivity contribution in [1.82, 2.24) is 0 Å². The number of halogens is 2. The van der Waals surface area contributed by atoms with Crippen molar-refractivity contribution in [2.45, 2.75) is 5.92 Å². The van der Waals surface area contributed by atoms with Gasteiger partial charge >= 0.3 is 21.7 Å². The molecule has 0 saturated heterocycles. The van der Waals surface area contributed by atoms with Crippen molar-refractivity contribution in [3.05, 3.63) is 95.6 Å². The standard InChI is InChI=1S/C22H15.2ClH.Ti/c1-3-8-17-15(6-1)12-13-21(17)20-11-5-10-19-18-9-4-2-7-16(18)14-22(19)20;;;/h1-14,21H;2*1H;/q-1;;;+3/p-2. The van der Waals surface area contributed by atoms with E-state index in [4.69, 9.17) is 0 Å². The molecule has 3 heteroatoms. The summed E-state index contributed by atoms with van der Waals surface area (Å²) >= 11 is 0. The quantitative estimate of drug-likeness (QED) is 0.310. The molecule has 0 N–H and O–H groups in total. The zero-order chi connectivity index (χ0) is 14.5.